The van der Waals surface area contributed by atoms with Crippen LogP contribution >= 0.6 is 11.3 Å². The second-order valence-electron chi connectivity index (χ2n) is 5.81. The molecular formula is C18H20N4OS. The Kier molecular flexibility index (Phi) is 5.05. The highest BCUT2D eigenvalue weighted by Gasteiger charge is 2.11. The van der Waals surface area contributed by atoms with Crippen molar-refractivity contribution in [3.8, 4) is 10.6 Å². The van der Waals surface area contributed by atoms with Crippen LogP contribution < -0.4 is 5.32 Å². The van der Waals surface area contributed by atoms with Gasteiger partial charge >= 0.3 is 0 Å². The summed E-state index contributed by atoms with van der Waals surface area (Å²) in [6.07, 6.45) is 3.97. The lowest BCUT2D eigenvalue weighted by molar-refractivity contribution is -0.120. The van der Waals surface area contributed by atoms with Crippen LogP contribution in [0.3, 0.4) is 0 Å². The molecular weight excluding hydrogens is 320 g/mol. The minimum Gasteiger partial charge on any atom is -0.349 e. The molecule has 3 aromatic rings. The van der Waals surface area contributed by atoms with Crippen LogP contribution in [0.25, 0.3) is 10.6 Å². The van der Waals surface area contributed by atoms with Gasteiger partial charge in [-0.15, -0.1) is 11.3 Å². The van der Waals surface area contributed by atoms with Gasteiger partial charge < -0.3 is 9.88 Å². The zero-order valence-electron chi connectivity index (χ0n) is 13.8. The van der Waals surface area contributed by atoms with Crippen molar-refractivity contribution >= 4 is 17.2 Å². The van der Waals surface area contributed by atoms with Gasteiger partial charge in [0.1, 0.15) is 10.8 Å². The van der Waals surface area contributed by atoms with Crippen molar-refractivity contribution in [3.63, 3.8) is 0 Å². The number of aromatic nitrogens is 3. The molecule has 1 aromatic carbocycles. The second-order valence-corrected chi connectivity index (χ2v) is 6.67. The van der Waals surface area contributed by atoms with Gasteiger partial charge in [0.15, 0.2) is 0 Å². The molecule has 0 aliphatic rings. The van der Waals surface area contributed by atoms with Crippen LogP contribution in [0.1, 0.15) is 31.4 Å². The Morgan fingerprint density at radius 3 is 2.83 bits per heavy atom. The number of benzene rings is 1. The molecule has 2 aromatic heterocycles. The van der Waals surface area contributed by atoms with Crippen LogP contribution in [0.2, 0.25) is 0 Å². The van der Waals surface area contributed by atoms with Crippen LogP contribution in [0.15, 0.2) is 48.1 Å². The van der Waals surface area contributed by atoms with E-state index in [-0.39, 0.29) is 12.3 Å². The van der Waals surface area contributed by atoms with Gasteiger partial charge in [-0.25, -0.2) is 9.97 Å². The van der Waals surface area contributed by atoms with Crippen molar-refractivity contribution in [2.75, 3.05) is 0 Å². The molecule has 5 nitrogen and oxygen atoms in total. The summed E-state index contributed by atoms with van der Waals surface area (Å²) in [6.45, 7) is 4.61. The standard InChI is InChI=1S/C18H20N4OS/c1-13(2)22-9-8-19-16(22)11-20-17(23)10-15-12-24-18(21-15)14-6-4-3-5-7-14/h3-9,12-13H,10-11H2,1-2H3,(H,20,23). The number of carbonyl (C=O) groups excluding carboxylic acids is 1. The summed E-state index contributed by atoms with van der Waals surface area (Å²) in [4.78, 5) is 21.0. The van der Waals surface area contributed by atoms with E-state index in [2.05, 4.69) is 33.7 Å². The number of rotatable bonds is 6. The first-order chi connectivity index (χ1) is 11.6. The fraction of sp³-hybridized carbons (Fsp3) is 0.278. The monoisotopic (exact) mass is 340 g/mol. The summed E-state index contributed by atoms with van der Waals surface area (Å²) in [5.41, 5.74) is 1.87. The van der Waals surface area contributed by atoms with Crippen LogP contribution in [0, 0.1) is 0 Å². The maximum Gasteiger partial charge on any atom is 0.226 e. The van der Waals surface area contributed by atoms with Crippen LogP contribution in [-0.2, 0) is 17.8 Å². The molecule has 0 atom stereocenters. The van der Waals surface area contributed by atoms with Crippen molar-refractivity contribution in [3.05, 3.63) is 59.6 Å². The number of amides is 1. The van der Waals surface area contributed by atoms with Gasteiger partial charge in [-0.2, -0.15) is 0 Å². The highest BCUT2D eigenvalue weighted by molar-refractivity contribution is 7.13. The molecule has 24 heavy (non-hydrogen) atoms. The number of hydrogen-bond acceptors (Lipinski definition) is 4. The van der Waals surface area contributed by atoms with Crippen molar-refractivity contribution < 1.29 is 4.79 Å². The van der Waals surface area contributed by atoms with Gasteiger partial charge in [0, 0.05) is 29.4 Å². The van der Waals surface area contributed by atoms with E-state index >= 15 is 0 Å². The average Bonchev–Trinajstić information content (AvgIpc) is 3.23. The molecule has 0 saturated heterocycles. The summed E-state index contributed by atoms with van der Waals surface area (Å²) in [7, 11) is 0. The van der Waals surface area contributed by atoms with E-state index in [0.717, 1.165) is 22.1 Å². The van der Waals surface area contributed by atoms with Crippen molar-refractivity contribution in [1.29, 1.82) is 0 Å². The van der Waals surface area contributed by atoms with Crippen molar-refractivity contribution in [2.24, 2.45) is 0 Å². The molecule has 0 aliphatic heterocycles. The van der Waals surface area contributed by atoms with Crippen LogP contribution in [0.4, 0.5) is 0 Å². The molecule has 0 bridgehead atoms. The third-order valence-electron chi connectivity index (χ3n) is 3.66. The van der Waals surface area contributed by atoms with E-state index in [0.29, 0.717) is 12.6 Å². The molecule has 0 unspecified atom stereocenters. The van der Waals surface area contributed by atoms with Crippen molar-refractivity contribution in [1.82, 2.24) is 19.9 Å². The maximum atomic E-state index is 12.2. The number of nitrogens with one attached hydrogen (secondary N) is 1. The van der Waals surface area contributed by atoms with Crippen LogP contribution in [-0.4, -0.2) is 20.4 Å². The first-order valence-corrected chi connectivity index (χ1v) is 8.79. The second kappa shape index (κ2) is 7.40. The zero-order chi connectivity index (χ0) is 16.9. The predicted molar refractivity (Wildman–Crippen MR) is 95.7 cm³/mol. The predicted octanol–water partition coefficient (Wildman–Crippen LogP) is 3.45. The van der Waals surface area contributed by atoms with Gasteiger partial charge in [0.2, 0.25) is 5.91 Å². The maximum absolute atomic E-state index is 12.2. The molecule has 1 amide bonds. The Balaban J connectivity index is 1.58. The number of nitrogens with zero attached hydrogens (tertiary/aromatic N) is 3. The summed E-state index contributed by atoms with van der Waals surface area (Å²) in [6, 6.07) is 10.3. The largest absolute Gasteiger partial charge is 0.349 e. The molecule has 2 heterocycles. The van der Waals surface area contributed by atoms with E-state index in [4.69, 9.17) is 0 Å². The molecule has 3 rings (SSSR count). The first-order valence-electron chi connectivity index (χ1n) is 7.91. The van der Waals surface area contributed by atoms with Crippen molar-refractivity contribution in [2.45, 2.75) is 32.9 Å². The Labute approximate surface area is 145 Å². The highest BCUT2D eigenvalue weighted by atomic mass is 32.1. The number of carbonyl (C=O) groups is 1. The van der Waals surface area contributed by atoms with E-state index < -0.39 is 0 Å². The Morgan fingerprint density at radius 1 is 1.29 bits per heavy atom. The molecule has 0 radical (unpaired) electrons. The van der Waals surface area contributed by atoms with Crippen LogP contribution in [0.5, 0.6) is 0 Å². The fourth-order valence-corrected chi connectivity index (χ4v) is 3.28. The molecule has 0 fully saturated rings. The third kappa shape index (κ3) is 3.89. The molecule has 124 valence electrons. The minimum absolute atomic E-state index is 0.0433. The van der Waals surface area contributed by atoms with Gasteiger partial charge in [0.05, 0.1) is 18.7 Å². The van der Waals surface area contributed by atoms with Gasteiger partial charge in [-0.05, 0) is 13.8 Å². The molecule has 0 spiro atoms. The Morgan fingerprint density at radius 2 is 2.08 bits per heavy atom. The lowest BCUT2D eigenvalue weighted by Crippen LogP contribution is -2.26. The van der Waals surface area contributed by atoms with E-state index in [1.165, 1.54) is 0 Å². The Hall–Kier alpha value is -2.47. The molecule has 1 N–H and O–H groups in total. The molecule has 0 aliphatic carbocycles. The molecule has 0 saturated carbocycles. The Bertz CT molecular complexity index is 807. The number of hydrogen-bond donors (Lipinski definition) is 1. The first kappa shape index (κ1) is 16.4. The summed E-state index contributed by atoms with van der Waals surface area (Å²) < 4.78 is 2.05. The average molecular weight is 340 g/mol. The highest BCUT2D eigenvalue weighted by Crippen LogP contribution is 2.23. The zero-order valence-corrected chi connectivity index (χ0v) is 14.6. The summed E-state index contributed by atoms with van der Waals surface area (Å²) in [5, 5.41) is 5.80. The normalized spacial score (nSPS) is 11.0. The summed E-state index contributed by atoms with van der Waals surface area (Å²) in [5.74, 6) is 0.819. The minimum atomic E-state index is -0.0433. The topological polar surface area (TPSA) is 59.8 Å². The van der Waals surface area contributed by atoms with E-state index in [1.54, 1.807) is 17.5 Å². The molecule has 6 heteroatoms. The lowest BCUT2D eigenvalue weighted by Gasteiger charge is -2.11. The lowest BCUT2D eigenvalue weighted by atomic mass is 10.2. The third-order valence-corrected chi connectivity index (χ3v) is 4.60. The quantitative estimate of drug-likeness (QED) is 0.748. The fourth-order valence-electron chi connectivity index (χ4n) is 2.46. The number of thiazole rings is 1. The summed E-state index contributed by atoms with van der Waals surface area (Å²) >= 11 is 1.56. The van der Waals surface area contributed by atoms with E-state index in [9.17, 15) is 4.79 Å². The number of imidazole rings is 1. The van der Waals surface area contributed by atoms with Gasteiger partial charge in [-0.1, -0.05) is 30.3 Å². The van der Waals surface area contributed by atoms with E-state index in [1.807, 2.05) is 41.9 Å². The smallest absolute Gasteiger partial charge is 0.226 e. The van der Waals surface area contributed by atoms with Gasteiger partial charge in [0.25, 0.3) is 0 Å². The van der Waals surface area contributed by atoms with Gasteiger partial charge in [-0.3, -0.25) is 4.79 Å². The SMILES string of the molecule is CC(C)n1ccnc1CNC(=O)Cc1csc(-c2ccccc2)n1.